The summed E-state index contributed by atoms with van der Waals surface area (Å²) in [6.45, 7) is 4.70. The molecule has 1 aliphatic rings. The molecular weight excluding hydrogens is 358 g/mol. The van der Waals surface area contributed by atoms with Crippen molar-refractivity contribution in [1.29, 1.82) is 0 Å². The van der Waals surface area contributed by atoms with Gasteiger partial charge in [0.2, 0.25) is 0 Å². The SMILES string of the molecule is CCOC(=O)N1CCC(Cc2nc3ccccc3n2Cc2cccs2)CC1. The first-order chi connectivity index (χ1) is 13.2. The highest BCUT2D eigenvalue weighted by atomic mass is 32.1. The number of ether oxygens (including phenoxy) is 1. The van der Waals surface area contributed by atoms with Gasteiger partial charge in [-0.05, 0) is 49.3 Å². The summed E-state index contributed by atoms with van der Waals surface area (Å²) < 4.78 is 7.48. The molecule has 1 aromatic carbocycles. The smallest absolute Gasteiger partial charge is 0.409 e. The maximum Gasteiger partial charge on any atom is 0.409 e. The number of piperidine rings is 1. The minimum Gasteiger partial charge on any atom is -0.450 e. The molecule has 1 saturated heterocycles. The molecule has 4 rings (SSSR count). The molecule has 0 N–H and O–H groups in total. The molecule has 0 aliphatic carbocycles. The Morgan fingerprint density at radius 3 is 2.78 bits per heavy atom. The number of nitrogens with zero attached hydrogens (tertiary/aromatic N) is 3. The fourth-order valence-corrected chi connectivity index (χ4v) is 4.50. The van der Waals surface area contributed by atoms with Crippen molar-refractivity contribution in [1.82, 2.24) is 14.5 Å². The number of carbonyl (C=O) groups excluding carboxylic acids is 1. The number of hydrogen-bond donors (Lipinski definition) is 0. The number of carbonyl (C=O) groups is 1. The second kappa shape index (κ2) is 8.13. The van der Waals surface area contributed by atoms with Gasteiger partial charge in [-0.2, -0.15) is 0 Å². The molecule has 3 heterocycles. The van der Waals surface area contributed by atoms with E-state index < -0.39 is 0 Å². The molecule has 142 valence electrons. The summed E-state index contributed by atoms with van der Waals surface area (Å²) in [6, 6.07) is 12.7. The average Bonchev–Trinajstić information content (AvgIpc) is 3.31. The van der Waals surface area contributed by atoms with Gasteiger partial charge in [0, 0.05) is 24.4 Å². The Bertz CT molecular complexity index is 895. The van der Waals surface area contributed by atoms with Crippen LogP contribution in [-0.2, 0) is 17.7 Å². The zero-order valence-electron chi connectivity index (χ0n) is 15.6. The van der Waals surface area contributed by atoms with Crippen LogP contribution in [0.25, 0.3) is 11.0 Å². The lowest BCUT2D eigenvalue weighted by atomic mass is 9.93. The standard InChI is InChI=1S/C21H25N3O2S/c1-2-26-21(25)23-11-9-16(10-12-23)14-20-22-18-7-3-4-8-19(18)24(20)15-17-6-5-13-27-17/h3-8,13,16H,2,9-12,14-15H2,1H3. The molecule has 0 bridgehead atoms. The molecule has 1 aliphatic heterocycles. The highest BCUT2D eigenvalue weighted by molar-refractivity contribution is 7.09. The second-order valence-electron chi connectivity index (χ2n) is 7.02. The molecule has 27 heavy (non-hydrogen) atoms. The summed E-state index contributed by atoms with van der Waals surface area (Å²) in [5, 5.41) is 2.12. The van der Waals surface area contributed by atoms with Crippen LogP contribution >= 0.6 is 11.3 Å². The maximum atomic E-state index is 11.9. The van der Waals surface area contributed by atoms with Crippen molar-refractivity contribution in [3.8, 4) is 0 Å². The zero-order chi connectivity index (χ0) is 18.6. The van der Waals surface area contributed by atoms with Gasteiger partial charge in [-0.25, -0.2) is 9.78 Å². The van der Waals surface area contributed by atoms with E-state index in [9.17, 15) is 4.79 Å². The number of hydrogen-bond acceptors (Lipinski definition) is 4. The van der Waals surface area contributed by atoms with Crippen LogP contribution in [0.15, 0.2) is 41.8 Å². The lowest BCUT2D eigenvalue weighted by Gasteiger charge is -2.31. The number of rotatable bonds is 5. The number of amides is 1. The van der Waals surface area contributed by atoms with Crippen LogP contribution in [0, 0.1) is 5.92 Å². The van der Waals surface area contributed by atoms with Crippen molar-refractivity contribution < 1.29 is 9.53 Å². The lowest BCUT2D eigenvalue weighted by molar-refractivity contribution is 0.0916. The molecule has 6 heteroatoms. The highest BCUT2D eigenvalue weighted by Crippen LogP contribution is 2.26. The van der Waals surface area contributed by atoms with E-state index in [1.165, 1.54) is 10.4 Å². The van der Waals surface area contributed by atoms with E-state index in [4.69, 9.17) is 9.72 Å². The molecule has 0 saturated carbocycles. The van der Waals surface area contributed by atoms with Gasteiger partial charge in [0.25, 0.3) is 0 Å². The summed E-state index contributed by atoms with van der Waals surface area (Å²) >= 11 is 1.79. The van der Waals surface area contributed by atoms with E-state index in [0.717, 1.165) is 50.2 Å². The largest absolute Gasteiger partial charge is 0.450 e. The summed E-state index contributed by atoms with van der Waals surface area (Å²) in [4.78, 5) is 20.0. The van der Waals surface area contributed by atoms with Crippen LogP contribution in [0.2, 0.25) is 0 Å². The predicted molar refractivity (Wildman–Crippen MR) is 108 cm³/mol. The van der Waals surface area contributed by atoms with Crippen LogP contribution in [0.5, 0.6) is 0 Å². The van der Waals surface area contributed by atoms with Gasteiger partial charge < -0.3 is 14.2 Å². The third-order valence-electron chi connectivity index (χ3n) is 5.24. The topological polar surface area (TPSA) is 47.4 Å². The number of benzene rings is 1. The van der Waals surface area contributed by atoms with Crippen molar-refractivity contribution in [2.75, 3.05) is 19.7 Å². The Labute approximate surface area is 163 Å². The van der Waals surface area contributed by atoms with E-state index in [2.05, 4.69) is 40.3 Å². The zero-order valence-corrected chi connectivity index (χ0v) is 16.5. The number of imidazole rings is 1. The molecule has 0 unspecified atom stereocenters. The van der Waals surface area contributed by atoms with Crippen molar-refractivity contribution in [3.63, 3.8) is 0 Å². The van der Waals surface area contributed by atoms with Crippen molar-refractivity contribution in [2.24, 2.45) is 5.92 Å². The number of thiophene rings is 1. The Kier molecular flexibility index (Phi) is 5.43. The normalized spacial score (nSPS) is 15.4. The van der Waals surface area contributed by atoms with Crippen LogP contribution in [-0.4, -0.2) is 40.2 Å². The number of para-hydroxylation sites is 2. The summed E-state index contributed by atoms with van der Waals surface area (Å²) in [7, 11) is 0. The number of aromatic nitrogens is 2. The molecule has 0 spiro atoms. The van der Waals surface area contributed by atoms with E-state index in [1.54, 1.807) is 11.3 Å². The van der Waals surface area contributed by atoms with Gasteiger partial charge in [0.1, 0.15) is 5.82 Å². The summed E-state index contributed by atoms with van der Waals surface area (Å²) in [5.41, 5.74) is 2.26. The van der Waals surface area contributed by atoms with E-state index in [1.807, 2.05) is 17.9 Å². The van der Waals surface area contributed by atoms with Crippen molar-refractivity contribution >= 4 is 28.5 Å². The molecule has 1 fully saturated rings. The van der Waals surface area contributed by atoms with E-state index in [-0.39, 0.29) is 6.09 Å². The van der Waals surface area contributed by atoms with Crippen LogP contribution in [0.3, 0.4) is 0 Å². The third kappa shape index (κ3) is 4.00. The minimum absolute atomic E-state index is 0.180. The monoisotopic (exact) mass is 383 g/mol. The van der Waals surface area contributed by atoms with Gasteiger partial charge in [0.05, 0.1) is 24.2 Å². The van der Waals surface area contributed by atoms with Crippen molar-refractivity contribution in [3.05, 3.63) is 52.5 Å². The highest BCUT2D eigenvalue weighted by Gasteiger charge is 2.25. The van der Waals surface area contributed by atoms with Gasteiger partial charge in [0.15, 0.2) is 0 Å². The fraction of sp³-hybridized carbons (Fsp3) is 0.429. The predicted octanol–water partition coefficient (Wildman–Crippen LogP) is 4.56. The van der Waals surface area contributed by atoms with E-state index in [0.29, 0.717) is 12.5 Å². The summed E-state index contributed by atoms with van der Waals surface area (Å²) in [5.74, 6) is 1.70. The lowest BCUT2D eigenvalue weighted by Crippen LogP contribution is -2.39. The first-order valence-electron chi connectivity index (χ1n) is 9.63. The maximum absolute atomic E-state index is 11.9. The van der Waals surface area contributed by atoms with Crippen LogP contribution in [0.1, 0.15) is 30.5 Å². The summed E-state index contributed by atoms with van der Waals surface area (Å²) in [6.07, 6.45) is 2.78. The molecular formula is C21H25N3O2S. The Morgan fingerprint density at radius 1 is 1.22 bits per heavy atom. The Balaban J connectivity index is 1.50. The number of likely N-dealkylation sites (tertiary alicyclic amines) is 1. The molecule has 3 aromatic rings. The molecule has 1 amide bonds. The fourth-order valence-electron chi connectivity index (χ4n) is 3.81. The first-order valence-corrected chi connectivity index (χ1v) is 10.5. The molecule has 0 atom stereocenters. The number of fused-ring (bicyclic) bond motifs is 1. The average molecular weight is 384 g/mol. The van der Waals surface area contributed by atoms with Crippen LogP contribution in [0.4, 0.5) is 4.79 Å². The van der Waals surface area contributed by atoms with Gasteiger partial charge >= 0.3 is 6.09 Å². The minimum atomic E-state index is -0.180. The molecule has 2 aromatic heterocycles. The van der Waals surface area contributed by atoms with Gasteiger partial charge in [-0.1, -0.05) is 18.2 Å². The quantitative estimate of drug-likeness (QED) is 0.649. The second-order valence-corrected chi connectivity index (χ2v) is 8.05. The van der Waals surface area contributed by atoms with Gasteiger partial charge in [-0.3, -0.25) is 0 Å². The van der Waals surface area contributed by atoms with Crippen LogP contribution < -0.4 is 0 Å². The third-order valence-corrected chi connectivity index (χ3v) is 6.10. The Hall–Kier alpha value is -2.34. The molecule has 0 radical (unpaired) electrons. The first kappa shape index (κ1) is 18.0. The van der Waals surface area contributed by atoms with E-state index >= 15 is 0 Å². The van der Waals surface area contributed by atoms with Crippen molar-refractivity contribution in [2.45, 2.75) is 32.7 Å². The van der Waals surface area contributed by atoms with Gasteiger partial charge in [-0.15, -0.1) is 11.3 Å². The molecule has 5 nitrogen and oxygen atoms in total. The Morgan fingerprint density at radius 2 is 2.04 bits per heavy atom.